The van der Waals surface area contributed by atoms with Gasteiger partial charge < -0.3 is 5.11 Å². The van der Waals surface area contributed by atoms with Crippen LogP contribution in [-0.2, 0) is 16.3 Å². The van der Waals surface area contributed by atoms with E-state index in [4.69, 9.17) is 23.2 Å². The normalized spacial score (nSPS) is 29.8. The Morgan fingerprint density at radius 3 is 2.76 bits per heavy atom. The van der Waals surface area contributed by atoms with Crippen LogP contribution in [0.3, 0.4) is 0 Å². The van der Waals surface area contributed by atoms with E-state index in [9.17, 15) is 13.5 Å². The maximum Gasteiger partial charge on any atom is 0.164 e. The van der Waals surface area contributed by atoms with Crippen molar-refractivity contribution in [2.75, 3.05) is 12.8 Å². The first-order valence-electron chi connectivity index (χ1n) is 6.65. The number of hydrazine groups is 1. The molecule has 116 valence electrons. The molecule has 1 aliphatic heterocycles. The lowest BCUT2D eigenvalue weighted by Gasteiger charge is -2.31. The monoisotopic (exact) mass is 350 g/mol. The molecule has 1 heterocycles. The van der Waals surface area contributed by atoms with E-state index < -0.39 is 27.4 Å². The van der Waals surface area contributed by atoms with Crippen molar-refractivity contribution in [2.45, 2.75) is 30.4 Å². The molecule has 0 bridgehead atoms. The number of fused-ring (bicyclic) bond motifs is 1. The Morgan fingerprint density at radius 2 is 2.10 bits per heavy atom. The third kappa shape index (κ3) is 2.69. The van der Waals surface area contributed by atoms with Crippen molar-refractivity contribution in [3.63, 3.8) is 0 Å². The van der Waals surface area contributed by atoms with Gasteiger partial charge in [-0.05, 0) is 29.7 Å². The number of nitrogens with zero attached hydrogens (tertiary/aromatic N) is 1. The average molecular weight is 351 g/mol. The van der Waals surface area contributed by atoms with Gasteiger partial charge in [0.05, 0.1) is 12.1 Å². The van der Waals surface area contributed by atoms with Gasteiger partial charge in [0.15, 0.2) is 9.84 Å². The zero-order valence-corrected chi connectivity index (χ0v) is 13.7. The van der Waals surface area contributed by atoms with E-state index >= 15 is 0 Å². The van der Waals surface area contributed by atoms with Crippen molar-refractivity contribution in [3.05, 3.63) is 33.3 Å². The maximum atomic E-state index is 11.9. The van der Waals surface area contributed by atoms with E-state index in [1.807, 2.05) is 0 Å². The molecule has 8 heteroatoms. The molecule has 0 amide bonds. The van der Waals surface area contributed by atoms with Crippen LogP contribution in [0.1, 0.15) is 23.6 Å². The summed E-state index contributed by atoms with van der Waals surface area (Å²) in [4.78, 5) is 0. The Labute approximate surface area is 133 Å². The molecule has 21 heavy (non-hydrogen) atoms. The summed E-state index contributed by atoms with van der Waals surface area (Å²) >= 11 is 12.2. The largest absolute Gasteiger partial charge is 0.391 e. The first kappa shape index (κ1) is 15.5. The van der Waals surface area contributed by atoms with Crippen molar-refractivity contribution >= 4 is 33.0 Å². The Balaban J connectivity index is 2.05. The van der Waals surface area contributed by atoms with E-state index in [1.54, 1.807) is 17.1 Å². The zero-order valence-electron chi connectivity index (χ0n) is 11.4. The van der Waals surface area contributed by atoms with Gasteiger partial charge in [-0.15, -0.1) is 0 Å². The number of aliphatic hydroxyl groups is 1. The predicted molar refractivity (Wildman–Crippen MR) is 82.0 cm³/mol. The van der Waals surface area contributed by atoms with Gasteiger partial charge in [0.2, 0.25) is 0 Å². The molecule has 2 N–H and O–H groups in total. The molecule has 1 saturated heterocycles. The van der Waals surface area contributed by atoms with E-state index in [1.165, 1.54) is 6.26 Å². The molecule has 0 aromatic heterocycles. The van der Waals surface area contributed by atoms with Crippen LogP contribution in [0, 0.1) is 0 Å². The molecule has 3 atom stereocenters. The molecule has 0 saturated carbocycles. The molecule has 0 radical (unpaired) electrons. The van der Waals surface area contributed by atoms with Crippen LogP contribution in [0.5, 0.6) is 0 Å². The molecule has 1 fully saturated rings. The molecule has 3 rings (SSSR count). The number of rotatable bonds is 2. The molecule has 2 aliphatic rings. The Morgan fingerprint density at radius 1 is 1.38 bits per heavy atom. The van der Waals surface area contributed by atoms with Crippen LogP contribution >= 0.6 is 23.2 Å². The Hall–Kier alpha value is -0.370. The van der Waals surface area contributed by atoms with Gasteiger partial charge in [0.25, 0.3) is 0 Å². The van der Waals surface area contributed by atoms with Gasteiger partial charge in [-0.25, -0.2) is 13.4 Å². The molecule has 1 unspecified atom stereocenters. The third-order valence-corrected chi connectivity index (χ3v) is 6.09. The highest BCUT2D eigenvalue weighted by atomic mass is 35.5. The fourth-order valence-corrected chi connectivity index (χ4v) is 4.97. The van der Waals surface area contributed by atoms with Gasteiger partial charge in [-0.3, -0.25) is 5.43 Å². The second-order valence-corrected chi connectivity index (χ2v) is 8.61. The smallest absolute Gasteiger partial charge is 0.164 e. The second kappa shape index (κ2) is 5.37. The number of nitrogens with one attached hydrogen (secondary N) is 1. The van der Waals surface area contributed by atoms with Crippen molar-refractivity contribution in [3.8, 4) is 0 Å². The minimum absolute atomic E-state index is 0.394. The average Bonchev–Trinajstić information content (AvgIpc) is 2.92. The number of hydrogen-bond donors (Lipinski definition) is 2. The van der Waals surface area contributed by atoms with Crippen LogP contribution in [0.15, 0.2) is 12.1 Å². The number of halogens is 2. The van der Waals surface area contributed by atoms with Crippen LogP contribution < -0.4 is 5.43 Å². The maximum absolute atomic E-state index is 11.9. The lowest BCUT2D eigenvalue weighted by Crippen LogP contribution is -2.46. The topological polar surface area (TPSA) is 69.6 Å². The molecule has 0 spiro atoms. The van der Waals surface area contributed by atoms with Gasteiger partial charge in [-0.1, -0.05) is 23.2 Å². The second-order valence-electron chi connectivity index (χ2n) is 5.56. The quantitative estimate of drug-likeness (QED) is 0.846. The first-order valence-corrected chi connectivity index (χ1v) is 9.36. The van der Waals surface area contributed by atoms with Crippen molar-refractivity contribution in [1.29, 1.82) is 0 Å². The zero-order chi connectivity index (χ0) is 15.4. The summed E-state index contributed by atoms with van der Waals surface area (Å²) in [5, 5.41) is 12.4. The molecular weight excluding hydrogens is 335 g/mol. The van der Waals surface area contributed by atoms with E-state index in [0.29, 0.717) is 29.4 Å². The summed E-state index contributed by atoms with van der Waals surface area (Å²) in [6.07, 6.45) is 1.38. The minimum Gasteiger partial charge on any atom is -0.391 e. The highest BCUT2D eigenvalue weighted by Gasteiger charge is 2.44. The van der Waals surface area contributed by atoms with Crippen LogP contribution in [0.4, 0.5) is 0 Å². The summed E-state index contributed by atoms with van der Waals surface area (Å²) in [5.41, 5.74) is 4.70. The molecule has 1 aliphatic carbocycles. The van der Waals surface area contributed by atoms with Gasteiger partial charge >= 0.3 is 0 Å². The number of aliphatic hydroxyl groups excluding tert-OH is 1. The first-order chi connectivity index (χ1) is 9.79. The molecule has 5 nitrogen and oxygen atoms in total. The lowest BCUT2D eigenvalue weighted by molar-refractivity contribution is 0.0412. The SMILES string of the molecule is CS(=O)(=O)C1CCNN1[C@@H]1c2cc(Cl)cc(Cl)c2C[C@H]1O. The highest BCUT2D eigenvalue weighted by Crippen LogP contribution is 2.42. The lowest BCUT2D eigenvalue weighted by atomic mass is 10.1. The van der Waals surface area contributed by atoms with E-state index in [-0.39, 0.29) is 0 Å². The van der Waals surface area contributed by atoms with Gasteiger partial charge in [0, 0.05) is 29.3 Å². The van der Waals surface area contributed by atoms with Crippen LogP contribution in [0.2, 0.25) is 10.0 Å². The number of sulfone groups is 1. The van der Waals surface area contributed by atoms with Crippen LogP contribution in [-0.4, -0.2) is 42.8 Å². The van der Waals surface area contributed by atoms with Gasteiger partial charge in [0.1, 0.15) is 5.37 Å². The highest BCUT2D eigenvalue weighted by molar-refractivity contribution is 7.91. The van der Waals surface area contributed by atoms with Gasteiger partial charge in [-0.2, -0.15) is 0 Å². The van der Waals surface area contributed by atoms with Crippen LogP contribution in [0.25, 0.3) is 0 Å². The molecule has 1 aromatic carbocycles. The van der Waals surface area contributed by atoms with Crippen molar-refractivity contribution in [1.82, 2.24) is 10.4 Å². The fourth-order valence-electron chi connectivity index (χ4n) is 3.22. The number of benzene rings is 1. The predicted octanol–water partition coefficient (Wildman–Crippen LogP) is 1.53. The van der Waals surface area contributed by atoms with E-state index in [0.717, 1.165) is 11.1 Å². The minimum atomic E-state index is -3.25. The Kier molecular flexibility index (Phi) is 3.97. The van der Waals surface area contributed by atoms with Crippen molar-refractivity contribution < 1.29 is 13.5 Å². The summed E-state index contributed by atoms with van der Waals surface area (Å²) in [6.45, 7) is 0.560. The molecular formula is C13H16Cl2N2O3S. The van der Waals surface area contributed by atoms with E-state index in [2.05, 4.69) is 5.43 Å². The summed E-state index contributed by atoms with van der Waals surface area (Å²) < 4.78 is 23.9. The molecule has 1 aromatic rings. The summed E-state index contributed by atoms with van der Waals surface area (Å²) in [6, 6.07) is 2.93. The van der Waals surface area contributed by atoms with Crippen molar-refractivity contribution in [2.24, 2.45) is 0 Å². The number of hydrogen-bond acceptors (Lipinski definition) is 5. The fraction of sp³-hybridized carbons (Fsp3) is 0.538. The standard InChI is InChI=1S/C13H16Cl2N2O3S/c1-21(19,20)12-2-3-16-17(12)13-9-4-7(14)5-10(15)8(9)6-11(13)18/h4-5,11-13,16,18H,2-3,6H2,1H3/t11-,12?,13-/m1/s1. The summed E-state index contributed by atoms with van der Waals surface area (Å²) in [5.74, 6) is 0. The third-order valence-electron chi connectivity index (χ3n) is 4.08. The summed E-state index contributed by atoms with van der Waals surface area (Å²) in [7, 11) is -3.25. The Bertz CT molecular complexity index is 680.